The van der Waals surface area contributed by atoms with E-state index in [-0.39, 0.29) is 11.4 Å². The quantitative estimate of drug-likeness (QED) is 0.716. The molecular formula is C15H21ClO3. The largest absolute Gasteiger partial charge is 0.379 e. The highest BCUT2D eigenvalue weighted by molar-refractivity contribution is 6.31. The zero-order chi connectivity index (χ0) is 14.5. The zero-order valence-corrected chi connectivity index (χ0v) is 12.7. The molecule has 0 aliphatic heterocycles. The molecule has 0 bridgehead atoms. The summed E-state index contributed by atoms with van der Waals surface area (Å²) in [7, 11) is 1.67. The van der Waals surface area contributed by atoms with Gasteiger partial charge in [-0.25, -0.2) is 0 Å². The highest BCUT2D eigenvalue weighted by Gasteiger charge is 2.19. The van der Waals surface area contributed by atoms with Crippen LogP contribution in [0.5, 0.6) is 0 Å². The number of Topliss-reactive ketones (excluding diaryl/α,β-unsaturated/α-hetero) is 1. The van der Waals surface area contributed by atoms with E-state index in [0.717, 1.165) is 6.42 Å². The fraction of sp³-hybridized carbons (Fsp3) is 0.533. The predicted octanol–water partition coefficient (Wildman–Crippen LogP) is 3.74. The normalized spacial score (nSPS) is 13.3. The Balaban J connectivity index is 2.50. The SMILES string of the molecule is COC(C)(C)CCOC(C)C(=O)c1cccc(Cl)c1. The second-order valence-corrected chi connectivity index (χ2v) is 5.54. The molecule has 1 aromatic carbocycles. The van der Waals surface area contributed by atoms with Crippen LogP contribution in [0.1, 0.15) is 37.6 Å². The molecule has 1 atom stereocenters. The molecule has 0 N–H and O–H groups in total. The molecule has 1 rings (SSSR count). The van der Waals surface area contributed by atoms with E-state index in [1.807, 2.05) is 13.8 Å². The third-order valence-corrected chi connectivity index (χ3v) is 3.34. The maximum Gasteiger partial charge on any atom is 0.191 e. The topological polar surface area (TPSA) is 35.5 Å². The molecule has 3 nitrogen and oxygen atoms in total. The first kappa shape index (κ1) is 16.2. The average Bonchev–Trinajstić information content (AvgIpc) is 2.37. The lowest BCUT2D eigenvalue weighted by molar-refractivity contribution is -0.0197. The van der Waals surface area contributed by atoms with Crippen LogP contribution in [0.25, 0.3) is 0 Å². The molecule has 0 radical (unpaired) electrons. The van der Waals surface area contributed by atoms with Gasteiger partial charge in [-0.3, -0.25) is 4.79 Å². The lowest BCUT2D eigenvalue weighted by Crippen LogP contribution is -2.28. The van der Waals surface area contributed by atoms with Gasteiger partial charge in [-0.1, -0.05) is 23.7 Å². The molecule has 1 aromatic rings. The van der Waals surface area contributed by atoms with E-state index in [0.29, 0.717) is 17.2 Å². The number of ketones is 1. The van der Waals surface area contributed by atoms with Gasteiger partial charge >= 0.3 is 0 Å². The number of benzene rings is 1. The molecule has 4 heteroatoms. The van der Waals surface area contributed by atoms with Crippen molar-refractivity contribution in [3.63, 3.8) is 0 Å². The van der Waals surface area contributed by atoms with E-state index in [1.165, 1.54) is 0 Å². The van der Waals surface area contributed by atoms with Crippen LogP contribution in [0.3, 0.4) is 0 Å². The van der Waals surface area contributed by atoms with E-state index < -0.39 is 6.10 Å². The third-order valence-electron chi connectivity index (χ3n) is 3.10. The standard InChI is InChI=1S/C15H21ClO3/c1-11(19-9-8-15(2,3)18-4)14(17)12-6-5-7-13(16)10-12/h5-7,10-11H,8-9H2,1-4H3. The summed E-state index contributed by atoms with van der Waals surface area (Å²) in [4.78, 5) is 12.1. The van der Waals surface area contributed by atoms with Crippen LogP contribution in [0.4, 0.5) is 0 Å². The van der Waals surface area contributed by atoms with E-state index in [2.05, 4.69) is 0 Å². The Morgan fingerprint density at radius 3 is 2.68 bits per heavy atom. The first-order chi connectivity index (χ1) is 8.85. The number of carbonyl (C=O) groups excluding carboxylic acids is 1. The number of methoxy groups -OCH3 is 1. The van der Waals surface area contributed by atoms with E-state index in [1.54, 1.807) is 38.3 Å². The van der Waals surface area contributed by atoms with Crippen LogP contribution in [0.2, 0.25) is 5.02 Å². The predicted molar refractivity (Wildman–Crippen MR) is 76.9 cm³/mol. The zero-order valence-electron chi connectivity index (χ0n) is 11.9. The lowest BCUT2D eigenvalue weighted by atomic mass is 10.1. The molecule has 0 fully saturated rings. The van der Waals surface area contributed by atoms with Gasteiger partial charge in [0.2, 0.25) is 0 Å². The van der Waals surface area contributed by atoms with Crippen LogP contribution >= 0.6 is 11.6 Å². The van der Waals surface area contributed by atoms with Crippen molar-refractivity contribution >= 4 is 17.4 Å². The first-order valence-electron chi connectivity index (χ1n) is 6.32. The number of carbonyl (C=O) groups is 1. The summed E-state index contributed by atoms with van der Waals surface area (Å²) < 4.78 is 10.9. The fourth-order valence-corrected chi connectivity index (χ4v) is 1.73. The van der Waals surface area contributed by atoms with E-state index in [4.69, 9.17) is 21.1 Å². The Morgan fingerprint density at radius 1 is 1.42 bits per heavy atom. The van der Waals surface area contributed by atoms with Crippen molar-refractivity contribution < 1.29 is 14.3 Å². The molecule has 0 heterocycles. The molecule has 0 aromatic heterocycles. The second kappa shape index (κ2) is 7.04. The van der Waals surface area contributed by atoms with Gasteiger partial charge in [0.15, 0.2) is 5.78 Å². The number of ether oxygens (including phenoxy) is 2. The van der Waals surface area contributed by atoms with Crippen molar-refractivity contribution in [3.05, 3.63) is 34.9 Å². The summed E-state index contributed by atoms with van der Waals surface area (Å²) in [5.74, 6) is -0.0577. The summed E-state index contributed by atoms with van der Waals surface area (Å²) in [5, 5.41) is 0.554. The van der Waals surface area contributed by atoms with Gasteiger partial charge in [0, 0.05) is 17.7 Å². The summed E-state index contributed by atoms with van der Waals surface area (Å²) in [6.07, 6.45) is 0.252. The molecule has 0 spiro atoms. The minimum Gasteiger partial charge on any atom is -0.379 e. The average molecular weight is 285 g/mol. The van der Waals surface area contributed by atoms with Crippen molar-refractivity contribution in [1.29, 1.82) is 0 Å². The maximum atomic E-state index is 12.1. The van der Waals surface area contributed by atoms with Gasteiger partial charge in [-0.05, 0) is 39.3 Å². The number of rotatable bonds is 7. The fourth-order valence-electron chi connectivity index (χ4n) is 1.54. The highest BCUT2D eigenvalue weighted by atomic mass is 35.5. The number of halogens is 1. The summed E-state index contributed by atoms with van der Waals surface area (Å²) >= 11 is 5.87. The van der Waals surface area contributed by atoms with Crippen molar-refractivity contribution in [2.75, 3.05) is 13.7 Å². The molecule has 0 aliphatic rings. The molecule has 0 aliphatic carbocycles. The van der Waals surface area contributed by atoms with Crippen molar-refractivity contribution in [3.8, 4) is 0 Å². The smallest absolute Gasteiger partial charge is 0.191 e. The Labute approximate surface area is 119 Å². The molecule has 0 saturated heterocycles. The monoisotopic (exact) mass is 284 g/mol. The number of hydrogen-bond acceptors (Lipinski definition) is 3. The Hall–Kier alpha value is -0.900. The van der Waals surface area contributed by atoms with Gasteiger partial charge in [0.05, 0.1) is 12.2 Å². The van der Waals surface area contributed by atoms with Crippen LogP contribution in [-0.2, 0) is 9.47 Å². The minimum atomic E-state index is -0.480. The lowest BCUT2D eigenvalue weighted by Gasteiger charge is -2.23. The summed E-state index contributed by atoms with van der Waals surface area (Å²) in [6, 6.07) is 6.90. The molecule has 0 saturated carbocycles. The Bertz CT molecular complexity index is 429. The maximum absolute atomic E-state index is 12.1. The molecule has 19 heavy (non-hydrogen) atoms. The molecule has 106 valence electrons. The summed E-state index contributed by atoms with van der Waals surface area (Å²) in [6.45, 7) is 6.21. The Morgan fingerprint density at radius 2 is 2.11 bits per heavy atom. The Kier molecular flexibility index (Phi) is 5.98. The van der Waals surface area contributed by atoms with Crippen LogP contribution in [0, 0.1) is 0 Å². The van der Waals surface area contributed by atoms with Crippen LogP contribution in [-0.4, -0.2) is 31.2 Å². The third kappa shape index (κ3) is 5.31. The van der Waals surface area contributed by atoms with E-state index >= 15 is 0 Å². The van der Waals surface area contributed by atoms with E-state index in [9.17, 15) is 4.79 Å². The van der Waals surface area contributed by atoms with Gasteiger partial charge in [0.1, 0.15) is 6.10 Å². The van der Waals surface area contributed by atoms with Gasteiger partial charge in [0.25, 0.3) is 0 Å². The first-order valence-corrected chi connectivity index (χ1v) is 6.70. The molecule has 0 amide bonds. The summed E-state index contributed by atoms with van der Waals surface area (Å²) in [5.41, 5.74) is 0.338. The van der Waals surface area contributed by atoms with Crippen molar-refractivity contribution in [2.45, 2.75) is 38.9 Å². The second-order valence-electron chi connectivity index (χ2n) is 5.10. The van der Waals surface area contributed by atoms with Gasteiger partial charge < -0.3 is 9.47 Å². The van der Waals surface area contributed by atoms with Crippen LogP contribution in [0.15, 0.2) is 24.3 Å². The number of hydrogen-bond donors (Lipinski definition) is 0. The minimum absolute atomic E-state index is 0.0577. The van der Waals surface area contributed by atoms with Gasteiger partial charge in [-0.2, -0.15) is 0 Å². The molecule has 1 unspecified atom stereocenters. The van der Waals surface area contributed by atoms with Gasteiger partial charge in [-0.15, -0.1) is 0 Å². The van der Waals surface area contributed by atoms with Crippen molar-refractivity contribution in [1.82, 2.24) is 0 Å². The van der Waals surface area contributed by atoms with Crippen LogP contribution < -0.4 is 0 Å². The molecular weight excluding hydrogens is 264 g/mol. The van der Waals surface area contributed by atoms with Crippen molar-refractivity contribution in [2.24, 2.45) is 0 Å². The highest BCUT2D eigenvalue weighted by Crippen LogP contribution is 2.16.